The number of hydrogen-bond acceptors (Lipinski definition) is 4. The molecule has 1 aromatic rings. The summed E-state index contributed by atoms with van der Waals surface area (Å²) >= 11 is 0. The van der Waals surface area contributed by atoms with E-state index >= 15 is 0 Å². The van der Waals surface area contributed by atoms with Crippen LogP contribution in [0.2, 0.25) is 0 Å². The Labute approximate surface area is 129 Å². The Bertz CT molecular complexity index is 622. The third kappa shape index (κ3) is 2.81. The first-order chi connectivity index (χ1) is 10.4. The van der Waals surface area contributed by atoms with Crippen LogP contribution in [0.3, 0.4) is 0 Å². The number of nitrogens with zero attached hydrogens (tertiary/aromatic N) is 4. The summed E-state index contributed by atoms with van der Waals surface area (Å²) in [4.78, 5) is 37.9. The van der Waals surface area contributed by atoms with Crippen molar-refractivity contribution in [3.8, 4) is 0 Å². The highest BCUT2D eigenvalue weighted by Gasteiger charge is 2.35. The number of carbonyl (C=O) groups excluding carboxylic acids is 3. The topological polar surface area (TPSA) is 87.5 Å². The highest BCUT2D eigenvalue weighted by atomic mass is 16.2. The van der Waals surface area contributed by atoms with Crippen LogP contribution in [0.15, 0.2) is 0 Å². The van der Waals surface area contributed by atoms with Crippen molar-refractivity contribution in [1.29, 1.82) is 0 Å². The van der Waals surface area contributed by atoms with Gasteiger partial charge in [0.05, 0.1) is 5.69 Å². The van der Waals surface area contributed by atoms with Crippen LogP contribution in [0.4, 0.5) is 10.6 Å². The van der Waals surface area contributed by atoms with Crippen molar-refractivity contribution in [3.63, 3.8) is 0 Å². The second-order valence-electron chi connectivity index (χ2n) is 5.27. The van der Waals surface area contributed by atoms with Crippen LogP contribution in [0.1, 0.15) is 25.1 Å². The lowest BCUT2D eigenvalue weighted by atomic mass is 10.1. The molecule has 1 N–H and O–H groups in total. The molecule has 0 spiro atoms. The SMILES string of the molecule is CCc1nn(C)c(NC(=O)CN2C(=O)CN(C)C2=O)c1CC. The fourth-order valence-electron chi connectivity index (χ4n) is 2.57. The predicted octanol–water partition coefficient (Wildman–Crippen LogP) is 0.377. The molecule has 22 heavy (non-hydrogen) atoms. The smallest absolute Gasteiger partial charge is 0.318 e. The van der Waals surface area contributed by atoms with Gasteiger partial charge in [0.25, 0.3) is 5.91 Å². The van der Waals surface area contributed by atoms with Gasteiger partial charge in [-0.3, -0.25) is 19.2 Å². The minimum Gasteiger partial charge on any atom is -0.318 e. The molecule has 0 radical (unpaired) electrons. The summed E-state index contributed by atoms with van der Waals surface area (Å²) in [5, 5.41) is 7.14. The zero-order chi connectivity index (χ0) is 16.4. The van der Waals surface area contributed by atoms with Gasteiger partial charge in [0.15, 0.2) is 0 Å². The molecule has 0 aromatic carbocycles. The predicted molar refractivity (Wildman–Crippen MR) is 80.3 cm³/mol. The average Bonchev–Trinajstić information content (AvgIpc) is 2.90. The third-order valence-electron chi connectivity index (χ3n) is 3.71. The number of carbonyl (C=O) groups is 3. The number of anilines is 1. The van der Waals surface area contributed by atoms with Crippen molar-refractivity contribution in [3.05, 3.63) is 11.3 Å². The van der Waals surface area contributed by atoms with Gasteiger partial charge < -0.3 is 10.2 Å². The Morgan fingerprint density at radius 1 is 1.23 bits per heavy atom. The van der Waals surface area contributed by atoms with Crippen LogP contribution in [-0.4, -0.2) is 57.6 Å². The molecule has 2 rings (SSSR count). The highest BCUT2D eigenvalue weighted by Crippen LogP contribution is 2.20. The van der Waals surface area contributed by atoms with Crippen molar-refractivity contribution >= 4 is 23.7 Å². The van der Waals surface area contributed by atoms with E-state index in [-0.39, 0.29) is 19.0 Å². The number of aromatic nitrogens is 2. The fraction of sp³-hybridized carbons (Fsp3) is 0.571. The Hall–Kier alpha value is -2.38. The minimum atomic E-state index is -0.449. The van der Waals surface area contributed by atoms with Gasteiger partial charge in [-0.05, 0) is 12.8 Å². The van der Waals surface area contributed by atoms with Gasteiger partial charge in [-0.15, -0.1) is 0 Å². The van der Waals surface area contributed by atoms with Crippen molar-refractivity contribution in [2.24, 2.45) is 7.05 Å². The van der Waals surface area contributed by atoms with Crippen LogP contribution < -0.4 is 5.32 Å². The maximum Gasteiger partial charge on any atom is 0.327 e. The average molecular weight is 307 g/mol. The number of aryl methyl sites for hydroxylation is 2. The number of amides is 4. The van der Waals surface area contributed by atoms with Gasteiger partial charge >= 0.3 is 6.03 Å². The van der Waals surface area contributed by atoms with Gasteiger partial charge in [0.2, 0.25) is 5.91 Å². The Kier molecular flexibility index (Phi) is 4.48. The molecule has 2 heterocycles. The molecule has 1 fully saturated rings. The number of likely N-dealkylation sites (N-methyl/N-ethyl adjacent to an activating group) is 1. The van der Waals surface area contributed by atoms with E-state index < -0.39 is 11.9 Å². The Morgan fingerprint density at radius 3 is 2.41 bits per heavy atom. The molecule has 4 amide bonds. The Morgan fingerprint density at radius 2 is 1.91 bits per heavy atom. The lowest BCUT2D eigenvalue weighted by Crippen LogP contribution is -2.38. The summed E-state index contributed by atoms with van der Waals surface area (Å²) in [6.07, 6.45) is 1.53. The molecule has 8 heteroatoms. The standard InChI is InChI=1S/C14H21N5O3/c1-5-9-10(6-2)16-18(4)13(9)15-11(20)7-19-12(21)8-17(3)14(19)22/h5-8H2,1-4H3,(H,15,20). The largest absolute Gasteiger partial charge is 0.327 e. The number of hydrogen-bond donors (Lipinski definition) is 1. The molecule has 1 aliphatic rings. The number of urea groups is 1. The molecule has 0 bridgehead atoms. The molecule has 0 saturated carbocycles. The molecule has 120 valence electrons. The minimum absolute atomic E-state index is 0.0119. The molecule has 1 aliphatic heterocycles. The molecular formula is C14H21N5O3. The second kappa shape index (κ2) is 6.17. The zero-order valence-electron chi connectivity index (χ0n) is 13.3. The molecule has 8 nitrogen and oxygen atoms in total. The summed E-state index contributed by atoms with van der Waals surface area (Å²) in [6, 6.07) is -0.449. The summed E-state index contributed by atoms with van der Waals surface area (Å²) in [5.41, 5.74) is 1.92. The van der Waals surface area contributed by atoms with E-state index in [0.29, 0.717) is 5.82 Å². The Balaban J connectivity index is 2.12. The maximum atomic E-state index is 12.2. The van der Waals surface area contributed by atoms with E-state index in [0.717, 1.165) is 29.0 Å². The first-order valence-electron chi connectivity index (χ1n) is 7.29. The van der Waals surface area contributed by atoms with Crippen LogP contribution in [-0.2, 0) is 29.5 Å². The van der Waals surface area contributed by atoms with Crippen molar-refractivity contribution in [2.45, 2.75) is 26.7 Å². The van der Waals surface area contributed by atoms with Crippen LogP contribution in [0, 0.1) is 0 Å². The van der Waals surface area contributed by atoms with E-state index in [9.17, 15) is 14.4 Å². The van der Waals surface area contributed by atoms with Gasteiger partial charge in [0, 0.05) is 19.7 Å². The lowest BCUT2D eigenvalue weighted by molar-refractivity contribution is -0.129. The molecule has 1 aromatic heterocycles. The van der Waals surface area contributed by atoms with E-state index in [1.165, 1.54) is 11.9 Å². The fourth-order valence-corrected chi connectivity index (χ4v) is 2.57. The normalized spacial score (nSPS) is 14.9. The number of imide groups is 1. The van der Waals surface area contributed by atoms with E-state index in [1.807, 2.05) is 13.8 Å². The van der Waals surface area contributed by atoms with Gasteiger partial charge in [0.1, 0.15) is 18.9 Å². The van der Waals surface area contributed by atoms with Crippen LogP contribution in [0.5, 0.6) is 0 Å². The zero-order valence-corrected chi connectivity index (χ0v) is 13.3. The van der Waals surface area contributed by atoms with Crippen molar-refractivity contribution < 1.29 is 14.4 Å². The summed E-state index contributed by atoms with van der Waals surface area (Å²) in [6.45, 7) is 3.73. The second-order valence-corrected chi connectivity index (χ2v) is 5.27. The lowest BCUT2D eigenvalue weighted by Gasteiger charge is -2.14. The molecule has 0 atom stereocenters. The van der Waals surface area contributed by atoms with Crippen molar-refractivity contribution in [2.75, 3.05) is 25.5 Å². The van der Waals surface area contributed by atoms with E-state index in [2.05, 4.69) is 10.4 Å². The first kappa shape index (κ1) is 16.0. The van der Waals surface area contributed by atoms with Crippen molar-refractivity contribution in [1.82, 2.24) is 19.6 Å². The van der Waals surface area contributed by atoms with Gasteiger partial charge in [-0.25, -0.2) is 4.79 Å². The quantitative estimate of drug-likeness (QED) is 0.797. The first-order valence-corrected chi connectivity index (χ1v) is 7.29. The van der Waals surface area contributed by atoms with Crippen LogP contribution >= 0.6 is 0 Å². The summed E-state index contributed by atoms with van der Waals surface area (Å²) < 4.78 is 1.62. The molecular weight excluding hydrogens is 286 g/mol. The molecule has 1 saturated heterocycles. The number of rotatable bonds is 5. The summed E-state index contributed by atoms with van der Waals surface area (Å²) in [7, 11) is 3.29. The van der Waals surface area contributed by atoms with E-state index in [4.69, 9.17) is 0 Å². The summed E-state index contributed by atoms with van der Waals surface area (Å²) in [5.74, 6) is -0.147. The van der Waals surface area contributed by atoms with Gasteiger partial charge in [-0.2, -0.15) is 5.10 Å². The number of nitrogens with one attached hydrogen (secondary N) is 1. The highest BCUT2D eigenvalue weighted by molar-refractivity contribution is 6.06. The molecule has 0 unspecified atom stereocenters. The van der Waals surface area contributed by atoms with E-state index in [1.54, 1.807) is 11.7 Å². The molecule has 0 aliphatic carbocycles. The third-order valence-corrected chi connectivity index (χ3v) is 3.71. The monoisotopic (exact) mass is 307 g/mol. The maximum absolute atomic E-state index is 12.2. The van der Waals surface area contributed by atoms with Crippen LogP contribution in [0.25, 0.3) is 0 Å². The van der Waals surface area contributed by atoms with Gasteiger partial charge in [-0.1, -0.05) is 13.8 Å².